The summed E-state index contributed by atoms with van der Waals surface area (Å²) in [7, 11) is 0. The van der Waals surface area contributed by atoms with Crippen LogP contribution in [0.15, 0.2) is 34.9 Å². The Morgan fingerprint density at radius 2 is 2.04 bits per heavy atom. The Kier molecular flexibility index (Phi) is 4.13. The summed E-state index contributed by atoms with van der Waals surface area (Å²) < 4.78 is 9.98. The molecule has 23 heavy (non-hydrogen) atoms. The summed E-state index contributed by atoms with van der Waals surface area (Å²) in [5.74, 6) is 0.653. The van der Waals surface area contributed by atoms with Gasteiger partial charge in [-0.1, -0.05) is 35.0 Å². The summed E-state index contributed by atoms with van der Waals surface area (Å²) >= 11 is 0. The number of tetrazole rings is 1. The number of carbonyl (C=O) groups excluding carboxylic acids is 1. The highest BCUT2D eigenvalue weighted by Crippen LogP contribution is 2.13. The maximum absolute atomic E-state index is 11.8. The molecule has 0 atom stereocenters. The minimum absolute atomic E-state index is 0.0513. The van der Waals surface area contributed by atoms with Crippen LogP contribution in [0.3, 0.4) is 0 Å². The third-order valence-electron chi connectivity index (χ3n) is 3.09. The van der Waals surface area contributed by atoms with Crippen molar-refractivity contribution in [3.63, 3.8) is 0 Å². The van der Waals surface area contributed by atoms with E-state index >= 15 is 0 Å². The summed E-state index contributed by atoms with van der Waals surface area (Å²) in [5.41, 5.74) is 2.55. The molecule has 0 aliphatic carbocycles. The largest absolute Gasteiger partial charge is 0.458 e. The Hall–Kier alpha value is -3.03. The van der Waals surface area contributed by atoms with Crippen molar-refractivity contribution in [1.29, 1.82) is 0 Å². The molecule has 8 heteroatoms. The lowest BCUT2D eigenvalue weighted by atomic mass is 10.1. The van der Waals surface area contributed by atoms with Crippen molar-refractivity contribution >= 4 is 5.97 Å². The topological polar surface area (TPSA) is 95.9 Å². The van der Waals surface area contributed by atoms with Crippen LogP contribution in [-0.2, 0) is 22.7 Å². The second-order valence-electron chi connectivity index (χ2n) is 5.10. The van der Waals surface area contributed by atoms with Crippen molar-refractivity contribution in [3.8, 4) is 11.4 Å². The molecule has 8 nitrogen and oxygen atoms in total. The highest BCUT2D eigenvalue weighted by molar-refractivity contribution is 5.68. The number of rotatable bonds is 5. The van der Waals surface area contributed by atoms with Gasteiger partial charge in [-0.05, 0) is 19.1 Å². The highest BCUT2D eigenvalue weighted by atomic mass is 16.5. The first-order valence-electron chi connectivity index (χ1n) is 7.03. The van der Waals surface area contributed by atoms with Crippen molar-refractivity contribution in [2.45, 2.75) is 27.0 Å². The lowest BCUT2D eigenvalue weighted by Gasteiger charge is -2.00. The standard InChI is InChI=1S/C15H15N5O3/c1-10-3-5-12(6-4-10)15-16-19-20(17-15)8-14(21)22-9-13-7-11(2)23-18-13/h3-7H,8-9H2,1-2H3. The number of aromatic nitrogens is 5. The first-order valence-corrected chi connectivity index (χ1v) is 7.03. The zero-order valence-electron chi connectivity index (χ0n) is 12.8. The fourth-order valence-electron chi connectivity index (χ4n) is 1.93. The van der Waals surface area contributed by atoms with Crippen LogP contribution in [0.2, 0.25) is 0 Å². The van der Waals surface area contributed by atoms with Crippen LogP contribution in [0.4, 0.5) is 0 Å². The smallest absolute Gasteiger partial charge is 0.330 e. The van der Waals surface area contributed by atoms with E-state index in [1.807, 2.05) is 31.2 Å². The van der Waals surface area contributed by atoms with Crippen LogP contribution >= 0.6 is 0 Å². The first kappa shape index (κ1) is 14.9. The average Bonchev–Trinajstić information content (AvgIpc) is 3.15. The average molecular weight is 313 g/mol. The van der Waals surface area contributed by atoms with Gasteiger partial charge in [-0.3, -0.25) is 0 Å². The summed E-state index contributed by atoms with van der Waals surface area (Å²) in [6, 6.07) is 9.44. The quantitative estimate of drug-likeness (QED) is 0.661. The molecule has 0 aliphatic rings. The van der Waals surface area contributed by atoms with E-state index in [2.05, 4.69) is 20.6 Å². The van der Waals surface area contributed by atoms with Crippen molar-refractivity contribution in [2.75, 3.05) is 0 Å². The van der Waals surface area contributed by atoms with Gasteiger partial charge in [0.05, 0.1) is 0 Å². The van der Waals surface area contributed by atoms with Crippen LogP contribution in [0.25, 0.3) is 11.4 Å². The zero-order valence-corrected chi connectivity index (χ0v) is 12.8. The van der Waals surface area contributed by atoms with Gasteiger partial charge < -0.3 is 9.26 Å². The van der Waals surface area contributed by atoms with Crippen molar-refractivity contribution in [1.82, 2.24) is 25.4 Å². The fourth-order valence-corrected chi connectivity index (χ4v) is 1.93. The maximum Gasteiger partial charge on any atom is 0.330 e. The summed E-state index contributed by atoms with van der Waals surface area (Å²) in [6.45, 7) is 3.70. The second kappa shape index (κ2) is 6.39. The highest BCUT2D eigenvalue weighted by Gasteiger charge is 2.11. The predicted octanol–water partition coefficient (Wildman–Crippen LogP) is 1.69. The Morgan fingerprint density at radius 1 is 1.26 bits per heavy atom. The maximum atomic E-state index is 11.8. The molecular weight excluding hydrogens is 298 g/mol. The number of nitrogens with zero attached hydrogens (tertiary/aromatic N) is 5. The van der Waals surface area contributed by atoms with Gasteiger partial charge in [0.1, 0.15) is 18.1 Å². The van der Waals surface area contributed by atoms with E-state index < -0.39 is 5.97 Å². The third kappa shape index (κ3) is 3.79. The number of ether oxygens (including phenoxy) is 1. The molecule has 0 radical (unpaired) electrons. The van der Waals surface area contributed by atoms with Gasteiger partial charge in [0, 0.05) is 11.6 Å². The van der Waals surface area contributed by atoms with Crippen LogP contribution in [0.5, 0.6) is 0 Å². The summed E-state index contributed by atoms with van der Waals surface area (Å²) in [6.07, 6.45) is 0. The molecule has 0 N–H and O–H groups in total. The predicted molar refractivity (Wildman–Crippen MR) is 79.0 cm³/mol. The van der Waals surface area contributed by atoms with Gasteiger partial charge in [-0.15, -0.1) is 10.2 Å². The normalized spacial score (nSPS) is 10.7. The molecule has 0 aliphatic heterocycles. The monoisotopic (exact) mass is 313 g/mol. The number of benzene rings is 1. The Morgan fingerprint density at radius 3 is 2.74 bits per heavy atom. The number of hydrogen-bond donors (Lipinski definition) is 0. The Bertz CT molecular complexity index is 807. The van der Waals surface area contributed by atoms with Crippen LogP contribution in [-0.4, -0.2) is 31.3 Å². The lowest BCUT2D eigenvalue weighted by molar-refractivity contribution is -0.146. The summed E-state index contributed by atoms with van der Waals surface area (Å²) in [4.78, 5) is 13.0. The molecule has 1 aromatic carbocycles. The van der Waals surface area contributed by atoms with Crippen LogP contribution in [0, 0.1) is 13.8 Å². The van der Waals surface area contributed by atoms with Crippen molar-refractivity contribution in [3.05, 3.63) is 47.3 Å². The molecule has 0 saturated carbocycles. The molecule has 0 bridgehead atoms. The zero-order chi connectivity index (χ0) is 16.2. The van der Waals surface area contributed by atoms with Gasteiger partial charge in [-0.25, -0.2) is 4.79 Å². The third-order valence-corrected chi connectivity index (χ3v) is 3.09. The number of carbonyl (C=O) groups is 1. The Balaban J connectivity index is 1.58. The van der Waals surface area contributed by atoms with E-state index in [-0.39, 0.29) is 13.2 Å². The molecule has 2 heterocycles. The van der Waals surface area contributed by atoms with E-state index in [0.717, 1.165) is 11.1 Å². The van der Waals surface area contributed by atoms with Gasteiger partial charge in [-0.2, -0.15) is 4.80 Å². The van der Waals surface area contributed by atoms with E-state index in [9.17, 15) is 4.79 Å². The van der Waals surface area contributed by atoms with Gasteiger partial charge in [0.25, 0.3) is 0 Å². The molecule has 0 unspecified atom stereocenters. The molecule has 118 valence electrons. The number of hydrogen-bond acceptors (Lipinski definition) is 7. The van der Waals surface area contributed by atoms with Gasteiger partial charge in [0.2, 0.25) is 5.82 Å². The second-order valence-corrected chi connectivity index (χ2v) is 5.10. The van der Waals surface area contributed by atoms with E-state index in [0.29, 0.717) is 17.3 Å². The molecule has 3 aromatic rings. The van der Waals surface area contributed by atoms with Gasteiger partial charge >= 0.3 is 5.97 Å². The molecular formula is C15H15N5O3. The van der Waals surface area contributed by atoms with Gasteiger partial charge in [0.15, 0.2) is 6.54 Å². The minimum atomic E-state index is -0.474. The van der Waals surface area contributed by atoms with Crippen LogP contribution < -0.4 is 0 Å². The van der Waals surface area contributed by atoms with E-state index in [4.69, 9.17) is 9.26 Å². The minimum Gasteiger partial charge on any atom is -0.458 e. The molecule has 2 aromatic heterocycles. The van der Waals surface area contributed by atoms with Crippen LogP contribution in [0.1, 0.15) is 17.0 Å². The molecule has 0 amide bonds. The SMILES string of the molecule is Cc1ccc(-c2nnn(CC(=O)OCc3cc(C)on3)n2)cc1. The molecule has 0 spiro atoms. The van der Waals surface area contributed by atoms with Crippen molar-refractivity contribution in [2.24, 2.45) is 0 Å². The molecule has 3 rings (SSSR count). The van der Waals surface area contributed by atoms with E-state index in [1.165, 1.54) is 4.80 Å². The molecule has 0 saturated heterocycles. The Labute approximate surface area is 132 Å². The van der Waals surface area contributed by atoms with E-state index in [1.54, 1.807) is 13.0 Å². The first-order chi connectivity index (χ1) is 11.1. The lowest BCUT2D eigenvalue weighted by Crippen LogP contribution is -2.15. The fraction of sp³-hybridized carbons (Fsp3) is 0.267. The summed E-state index contributed by atoms with van der Waals surface area (Å²) in [5, 5.41) is 15.7. The number of esters is 1. The molecule has 0 fully saturated rings. The number of aryl methyl sites for hydroxylation is 2. The van der Waals surface area contributed by atoms with Crippen molar-refractivity contribution < 1.29 is 14.1 Å².